The summed E-state index contributed by atoms with van der Waals surface area (Å²) in [5, 5.41) is 2.99. The summed E-state index contributed by atoms with van der Waals surface area (Å²) in [5.41, 5.74) is 0. The molecule has 0 aliphatic heterocycles. The van der Waals surface area contributed by atoms with Crippen LogP contribution in [0.4, 0.5) is 0 Å². The van der Waals surface area contributed by atoms with Crippen LogP contribution in [0.1, 0.15) is 58.3 Å². The zero-order valence-corrected chi connectivity index (χ0v) is 15.0. The van der Waals surface area contributed by atoms with E-state index in [4.69, 9.17) is 8.92 Å². The Bertz CT molecular complexity index is 390. The molecule has 0 unspecified atom stereocenters. The maximum absolute atomic E-state index is 11.9. The fraction of sp³-hybridized carbons (Fsp3) is 0.882. The van der Waals surface area contributed by atoms with Gasteiger partial charge >= 0.3 is 0 Å². The lowest BCUT2D eigenvalue weighted by molar-refractivity contribution is -0.129. The van der Waals surface area contributed by atoms with Gasteiger partial charge in [0.25, 0.3) is 0 Å². The molecule has 2 rings (SSSR count). The van der Waals surface area contributed by atoms with Crippen LogP contribution in [-0.2, 0) is 18.5 Å². The normalized spacial score (nSPS) is 30.5. The van der Waals surface area contributed by atoms with E-state index < -0.39 is 0 Å². The second-order valence-electron chi connectivity index (χ2n) is 6.54. The molecule has 0 atom stereocenters. The number of carbonyl (C=O) groups is 2. The van der Waals surface area contributed by atoms with E-state index in [1.165, 1.54) is 12.0 Å². The zero-order valence-electron chi connectivity index (χ0n) is 14.2. The summed E-state index contributed by atoms with van der Waals surface area (Å²) < 4.78 is 11.4. The highest BCUT2D eigenvalue weighted by molar-refractivity contribution is 7.93. The average molecular weight is 343 g/mol. The van der Waals surface area contributed by atoms with E-state index in [1.54, 1.807) is 0 Å². The van der Waals surface area contributed by atoms with Gasteiger partial charge in [0, 0.05) is 31.1 Å². The average Bonchev–Trinajstić information content (AvgIpc) is 2.52. The van der Waals surface area contributed by atoms with E-state index in [9.17, 15) is 9.59 Å². The monoisotopic (exact) mass is 343 g/mol. The molecule has 0 aromatic carbocycles. The molecule has 2 aliphatic rings. The summed E-state index contributed by atoms with van der Waals surface area (Å²) in [4.78, 5) is 23.4. The van der Waals surface area contributed by atoms with E-state index in [1.807, 2.05) is 13.2 Å². The number of ether oxygens (including phenoxy) is 1. The van der Waals surface area contributed by atoms with Gasteiger partial charge in [0.15, 0.2) is 0 Å². The molecule has 5 nitrogen and oxygen atoms in total. The molecular weight excluding hydrogens is 314 g/mol. The Morgan fingerprint density at radius 2 is 1.78 bits per heavy atom. The minimum atomic E-state index is 0.0387. The van der Waals surface area contributed by atoms with Gasteiger partial charge in [0.05, 0.1) is 18.8 Å². The summed E-state index contributed by atoms with van der Waals surface area (Å²) >= 11 is 1.43. The third kappa shape index (κ3) is 6.08. The Labute approximate surface area is 143 Å². The van der Waals surface area contributed by atoms with E-state index in [0.717, 1.165) is 38.5 Å². The van der Waals surface area contributed by atoms with E-state index in [0.29, 0.717) is 31.3 Å². The number of Topliss-reactive ketones (excluding diaryl/α,β-unsaturated/α-hetero) is 1. The van der Waals surface area contributed by atoms with Crippen LogP contribution < -0.4 is 5.32 Å². The molecule has 0 aromatic rings. The molecule has 1 N–H and O–H groups in total. The fourth-order valence-electron chi connectivity index (χ4n) is 3.34. The van der Waals surface area contributed by atoms with Crippen molar-refractivity contribution in [3.05, 3.63) is 0 Å². The first-order chi connectivity index (χ1) is 11.1. The summed E-state index contributed by atoms with van der Waals surface area (Å²) in [5.74, 6) is 0.525. The summed E-state index contributed by atoms with van der Waals surface area (Å²) in [6, 6.07) is 0.183. The summed E-state index contributed by atoms with van der Waals surface area (Å²) in [6.07, 6.45) is 9.27. The van der Waals surface area contributed by atoms with Crippen LogP contribution in [0.3, 0.4) is 0 Å². The molecule has 0 aromatic heterocycles. The van der Waals surface area contributed by atoms with Crippen LogP contribution in [0.15, 0.2) is 0 Å². The van der Waals surface area contributed by atoms with Crippen LogP contribution >= 0.6 is 12.0 Å². The van der Waals surface area contributed by atoms with Crippen LogP contribution in [0.5, 0.6) is 0 Å². The van der Waals surface area contributed by atoms with Crippen molar-refractivity contribution in [2.45, 2.75) is 76.5 Å². The van der Waals surface area contributed by atoms with Gasteiger partial charge in [-0.3, -0.25) is 9.59 Å². The molecule has 1 amide bonds. The number of carbonyl (C=O) groups excluding carboxylic acids is 2. The molecule has 0 heterocycles. The second kappa shape index (κ2) is 9.64. The van der Waals surface area contributed by atoms with Crippen molar-refractivity contribution >= 4 is 23.7 Å². The van der Waals surface area contributed by atoms with Gasteiger partial charge in [0.1, 0.15) is 5.78 Å². The van der Waals surface area contributed by atoms with Crippen molar-refractivity contribution in [3.63, 3.8) is 0 Å². The van der Waals surface area contributed by atoms with E-state index in [-0.39, 0.29) is 24.0 Å². The first-order valence-electron chi connectivity index (χ1n) is 8.75. The molecule has 0 spiro atoms. The SMILES string of the molecule is CCC(=O)C1CC(NC(=O)CCOC2CCC(OSC)CC2)C1. The predicted octanol–water partition coefficient (Wildman–Crippen LogP) is 2.87. The van der Waals surface area contributed by atoms with Crippen molar-refractivity contribution < 1.29 is 18.5 Å². The lowest BCUT2D eigenvalue weighted by Crippen LogP contribution is -2.46. The molecular formula is C17H29NO4S. The maximum Gasteiger partial charge on any atom is 0.222 e. The van der Waals surface area contributed by atoms with Gasteiger partial charge in [-0.2, -0.15) is 0 Å². The zero-order chi connectivity index (χ0) is 16.7. The van der Waals surface area contributed by atoms with Crippen LogP contribution in [-0.4, -0.2) is 42.8 Å². The molecule has 0 bridgehead atoms. The molecule has 6 heteroatoms. The Kier molecular flexibility index (Phi) is 7.86. The smallest absolute Gasteiger partial charge is 0.222 e. The Hall–Kier alpha value is -0.590. The first-order valence-corrected chi connectivity index (χ1v) is 9.90. The third-order valence-corrected chi connectivity index (χ3v) is 5.31. The molecule has 132 valence electrons. The minimum Gasteiger partial charge on any atom is -0.378 e. The Balaban J connectivity index is 1.50. The quantitative estimate of drug-likeness (QED) is 0.652. The number of rotatable bonds is 9. The number of nitrogens with one attached hydrogen (secondary N) is 1. The van der Waals surface area contributed by atoms with Gasteiger partial charge < -0.3 is 14.2 Å². The lowest BCUT2D eigenvalue weighted by Gasteiger charge is -2.34. The number of hydrogen-bond acceptors (Lipinski definition) is 5. The lowest BCUT2D eigenvalue weighted by atomic mass is 9.77. The van der Waals surface area contributed by atoms with Crippen molar-refractivity contribution in [1.29, 1.82) is 0 Å². The van der Waals surface area contributed by atoms with E-state index >= 15 is 0 Å². The van der Waals surface area contributed by atoms with Gasteiger partial charge in [-0.25, -0.2) is 0 Å². The minimum absolute atomic E-state index is 0.0387. The summed E-state index contributed by atoms with van der Waals surface area (Å²) in [6.45, 7) is 2.38. The molecule has 2 fully saturated rings. The molecule has 0 radical (unpaired) electrons. The van der Waals surface area contributed by atoms with Crippen molar-refractivity contribution in [3.8, 4) is 0 Å². The van der Waals surface area contributed by atoms with Gasteiger partial charge in [-0.15, -0.1) is 0 Å². The van der Waals surface area contributed by atoms with Crippen molar-refractivity contribution in [2.24, 2.45) is 5.92 Å². The first kappa shape index (κ1) is 18.7. The van der Waals surface area contributed by atoms with Crippen molar-refractivity contribution in [2.75, 3.05) is 12.9 Å². The van der Waals surface area contributed by atoms with Gasteiger partial charge in [0.2, 0.25) is 5.91 Å². The van der Waals surface area contributed by atoms with Gasteiger partial charge in [-0.05, 0) is 50.6 Å². The van der Waals surface area contributed by atoms with Crippen LogP contribution in [0.2, 0.25) is 0 Å². The highest BCUT2D eigenvalue weighted by Gasteiger charge is 2.34. The maximum atomic E-state index is 11.9. The standard InChI is InChI=1S/C17H29NO4S/c1-3-16(19)12-10-13(11-12)18-17(20)8-9-21-14-4-6-15(7-5-14)22-23-2/h12-15H,3-11H2,1-2H3,(H,18,20). The third-order valence-electron chi connectivity index (χ3n) is 4.84. The molecule has 23 heavy (non-hydrogen) atoms. The fourth-order valence-corrected chi connectivity index (χ4v) is 3.80. The predicted molar refractivity (Wildman–Crippen MR) is 91.2 cm³/mol. The molecule has 2 aliphatic carbocycles. The topological polar surface area (TPSA) is 64.6 Å². The largest absolute Gasteiger partial charge is 0.378 e. The Morgan fingerprint density at radius 1 is 1.13 bits per heavy atom. The highest BCUT2D eigenvalue weighted by Crippen LogP contribution is 2.29. The number of ketones is 1. The van der Waals surface area contributed by atoms with E-state index in [2.05, 4.69) is 5.32 Å². The van der Waals surface area contributed by atoms with Gasteiger partial charge in [-0.1, -0.05) is 6.92 Å². The number of hydrogen-bond donors (Lipinski definition) is 1. The van der Waals surface area contributed by atoms with Crippen LogP contribution in [0.25, 0.3) is 0 Å². The van der Waals surface area contributed by atoms with Crippen molar-refractivity contribution in [1.82, 2.24) is 5.32 Å². The van der Waals surface area contributed by atoms with Crippen LogP contribution in [0, 0.1) is 5.92 Å². The molecule has 2 saturated carbocycles. The Morgan fingerprint density at radius 3 is 2.39 bits per heavy atom. The number of amides is 1. The molecule has 0 saturated heterocycles. The second-order valence-corrected chi connectivity index (χ2v) is 7.06. The summed E-state index contributed by atoms with van der Waals surface area (Å²) in [7, 11) is 0. The highest BCUT2D eigenvalue weighted by atomic mass is 32.2.